The van der Waals surface area contributed by atoms with Crippen molar-refractivity contribution in [2.45, 2.75) is 68.7 Å². The Morgan fingerprint density at radius 1 is 0.897 bits per heavy atom. The molecule has 0 aliphatic heterocycles. The minimum atomic E-state index is 0. The molecule has 0 spiro atoms. The van der Waals surface area contributed by atoms with Crippen molar-refractivity contribution in [2.75, 3.05) is 14.2 Å². The summed E-state index contributed by atoms with van der Waals surface area (Å²) in [7, 11) is 3.05. The van der Waals surface area contributed by atoms with Gasteiger partial charge in [-0.3, -0.25) is 0 Å². The van der Waals surface area contributed by atoms with Crippen LogP contribution in [-0.2, 0) is 43.1 Å². The maximum Gasteiger partial charge on any atom is 2.00 e. The largest absolute Gasteiger partial charge is 2.00 e. The molecule has 0 heterocycles. The smallest absolute Gasteiger partial charge is 2.00 e. The van der Waals surface area contributed by atoms with Crippen molar-refractivity contribution in [2.24, 2.45) is 16.2 Å². The zero-order valence-electron chi connectivity index (χ0n) is 19.7. The van der Waals surface area contributed by atoms with Crippen LogP contribution >= 0.6 is 0 Å². The van der Waals surface area contributed by atoms with E-state index in [9.17, 15) is 0 Å². The molecule has 1 rings (SSSR count). The molecule has 0 unspecified atom stereocenters. The van der Waals surface area contributed by atoms with E-state index < -0.39 is 0 Å². The van der Waals surface area contributed by atoms with Gasteiger partial charge >= 0.3 is 42.1 Å². The van der Waals surface area contributed by atoms with Crippen LogP contribution in [0.5, 0.6) is 0 Å². The van der Waals surface area contributed by atoms with Gasteiger partial charge in [0, 0.05) is 26.6 Å². The van der Waals surface area contributed by atoms with Crippen LogP contribution in [0.4, 0.5) is 0 Å². The SMILES string of the molecule is CO[C-]=O.CO[C]1[CH][C](C(C)(C)C)[C](CC(C)(C)C)[C]1C(C)(C)C.[C-]#[O+].[C-]#[O+].[Ru+2]. The zero-order chi connectivity index (χ0) is 23.3. The first-order valence-corrected chi connectivity index (χ1v) is 8.87. The van der Waals surface area contributed by atoms with Crippen LogP contribution in [0.25, 0.3) is 0 Å². The Labute approximate surface area is 192 Å². The van der Waals surface area contributed by atoms with E-state index in [0.717, 1.165) is 12.5 Å². The number of carbonyl (C=O) groups excluding carboxylic acids is 1. The monoisotopic (exact) mass is 494 g/mol. The molecule has 0 aromatic rings. The van der Waals surface area contributed by atoms with E-state index in [1.54, 1.807) is 7.11 Å². The number of rotatable bonds is 3. The second-order valence-electron chi connectivity index (χ2n) is 9.50. The van der Waals surface area contributed by atoms with Crippen molar-refractivity contribution in [1.82, 2.24) is 0 Å². The van der Waals surface area contributed by atoms with E-state index in [-0.39, 0.29) is 35.7 Å². The summed E-state index contributed by atoms with van der Waals surface area (Å²) in [5.74, 6) is 4.32. The molecule has 5 nitrogen and oxygen atoms in total. The number of hydrogen-bond donors (Lipinski definition) is 0. The average molecular weight is 494 g/mol. The van der Waals surface area contributed by atoms with E-state index in [0.29, 0.717) is 0 Å². The fraction of sp³-hybridized carbons (Fsp3) is 0.652. The van der Waals surface area contributed by atoms with Gasteiger partial charge in [0.05, 0.1) is 0 Å². The van der Waals surface area contributed by atoms with Crippen LogP contribution in [0.2, 0.25) is 0 Å². The predicted octanol–water partition coefficient (Wildman–Crippen LogP) is 5.26. The molecule has 0 saturated heterocycles. The summed E-state index contributed by atoms with van der Waals surface area (Å²) in [6.07, 6.45) is 4.42. The zero-order valence-corrected chi connectivity index (χ0v) is 21.4. The van der Waals surface area contributed by atoms with Crippen LogP contribution in [0, 0.1) is 59.8 Å². The number of methoxy groups -OCH3 is 2. The molecule has 5 radical (unpaired) electrons. The normalized spacial score (nSPS) is 16.0. The molecule has 0 aromatic heterocycles. The fourth-order valence-corrected chi connectivity index (χ4v) is 2.94. The van der Waals surface area contributed by atoms with Gasteiger partial charge in [-0.15, -0.1) is 0 Å². The van der Waals surface area contributed by atoms with Gasteiger partial charge in [-0.05, 0) is 34.5 Å². The molecule has 29 heavy (non-hydrogen) atoms. The van der Waals surface area contributed by atoms with Crippen molar-refractivity contribution in [3.05, 3.63) is 43.6 Å². The van der Waals surface area contributed by atoms with Crippen LogP contribution in [0.1, 0.15) is 68.7 Å². The molecular formula is C23H36O5Ru+. The molecule has 1 aliphatic rings. The van der Waals surface area contributed by atoms with Crippen LogP contribution < -0.4 is 0 Å². The van der Waals surface area contributed by atoms with Crippen LogP contribution in [0.3, 0.4) is 0 Å². The van der Waals surface area contributed by atoms with Gasteiger partial charge < -0.3 is 14.3 Å². The first-order chi connectivity index (χ1) is 12.7. The van der Waals surface area contributed by atoms with E-state index in [1.165, 1.54) is 31.3 Å². The Morgan fingerprint density at radius 3 is 1.48 bits per heavy atom. The first-order valence-electron chi connectivity index (χ1n) is 8.87. The standard InChI is InChI=1S/C19H33O.C2H3O2.2CO.Ru/c1-17(2,3)12-13-14(18(4,5)6)11-15(20-10)16(13)19(7,8)9;1-4-2-3;2*1-2;/h11H,12H2,1-10H3;1H3;;;/q;-1;;;+2. The van der Waals surface area contributed by atoms with Gasteiger partial charge in [0.15, 0.2) is 0 Å². The summed E-state index contributed by atoms with van der Waals surface area (Å²) in [4.78, 5) is 8.83. The summed E-state index contributed by atoms with van der Waals surface area (Å²) >= 11 is 0. The molecular weight excluding hydrogens is 457 g/mol. The summed E-state index contributed by atoms with van der Waals surface area (Å²) in [6.45, 7) is 30.8. The molecule has 165 valence electrons. The maximum absolute atomic E-state index is 8.83. The van der Waals surface area contributed by atoms with Crippen LogP contribution in [-0.4, -0.2) is 20.7 Å². The van der Waals surface area contributed by atoms with Crippen molar-refractivity contribution in [3.8, 4) is 0 Å². The van der Waals surface area contributed by atoms with Gasteiger partial charge in [-0.25, -0.2) is 0 Å². The Hall–Kier alpha value is -0.467. The third kappa shape index (κ3) is 14.2. The second-order valence-corrected chi connectivity index (χ2v) is 9.50. The van der Waals surface area contributed by atoms with E-state index in [4.69, 9.17) is 18.8 Å². The molecule has 0 amide bonds. The summed E-state index contributed by atoms with van der Waals surface area (Å²) in [5.41, 5.74) is 0.534. The molecule has 6 heteroatoms. The fourth-order valence-electron chi connectivity index (χ4n) is 2.94. The molecule has 0 bridgehead atoms. The van der Waals surface area contributed by atoms with Crippen molar-refractivity contribution >= 4 is 6.47 Å². The predicted molar refractivity (Wildman–Crippen MR) is 108 cm³/mol. The van der Waals surface area contributed by atoms with Gasteiger partial charge in [-0.2, -0.15) is 0 Å². The summed E-state index contributed by atoms with van der Waals surface area (Å²) < 4.78 is 24.4. The topological polar surface area (TPSA) is 75.3 Å². The summed E-state index contributed by atoms with van der Waals surface area (Å²) in [5, 5.41) is 0. The molecule has 0 aromatic carbocycles. The maximum atomic E-state index is 8.83. The van der Waals surface area contributed by atoms with Gasteiger partial charge in [-0.1, -0.05) is 68.8 Å². The Morgan fingerprint density at radius 2 is 1.28 bits per heavy atom. The Bertz CT molecular complexity index is 446. The Kier molecular flexibility index (Phi) is 20.1. The molecule has 1 aliphatic carbocycles. The van der Waals surface area contributed by atoms with Gasteiger partial charge in [0.25, 0.3) is 0 Å². The quantitative estimate of drug-likeness (QED) is 0.306. The van der Waals surface area contributed by atoms with Gasteiger partial charge in [0.2, 0.25) is 0 Å². The van der Waals surface area contributed by atoms with E-state index in [1.807, 2.05) is 0 Å². The molecule has 1 saturated carbocycles. The molecule has 0 atom stereocenters. The molecule has 0 N–H and O–H groups in total. The third-order valence-electron chi connectivity index (χ3n) is 3.72. The number of hydrogen-bond acceptors (Lipinski definition) is 3. The first kappa shape index (κ1) is 35.9. The van der Waals surface area contributed by atoms with Gasteiger partial charge in [0.1, 0.15) is 6.10 Å². The minimum Gasteiger partial charge on any atom is 2.00 e. The number of ether oxygens (including phenoxy) is 2. The van der Waals surface area contributed by atoms with Crippen molar-refractivity contribution < 1.29 is 43.1 Å². The average Bonchev–Trinajstić information content (AvgIpc) is 2.95. The van der Waals surface area contributed by atoms with Crippen LogP contribution in [0.15, 0.2) is 0 Å². The summed E-state index contributed by atoms with van der Waals surface area (Å²) in [6, 6.07) is 0. The van der Waals surface area contributed by atoms with E-state index in [2.05, 4.69) is 86.8 Å². The second kappa shape index (κ2) is 16.3. The van der Waals surface area contributed by atoms with E-state index >= 15 is 0 Å². The third-order valence-corrected chi connectivity index (χ3v) is 3.72. The minimum absolute atomic E-state index is 0. The molecule has 1 fully saturated rings. The van der Waals surface area contributed by atoms with Crippen molar-refractivity contribution in [1.29, 1.82) is 0 Å². The van der Waals surface area contributed by atoms with Crippen molar-refractivity contribution in [3.63, 3.8) is 0 Å². The Balaban J connectivity index is -0.000000302.